The first-order valence-corrected chi connectivity index (χ1v) is 7.58. The van der Waals surface area contributed by atoms with Gasteiger partial charge in [0.15, 0.2) is 4.90 Å². The summed E-state index contributed by atoms with van der Waals surface area (Å²) in [5.74, 6) is 0. The average molecular weight is 309 g/mol. The summed E-state index contributed by atoms with van der Waals surface area (Å²) in [5.41, 5.74) is -0.991. The van der Waals surface area contributed by atoms with Crippen LogP contribution in [-0.2, 0) is 24.1 Å². The second-order valence-corrected chi connectivity index (χ2v) is 6.21. The van der Waals surface area contributed by atoms with E-state index in [1.54, 1.807) is 30.3 Å². The highest BCUT2D eigenvalue weighted by Gasteiger charge is 2.25. The lowest BCUT2D eigenvalue weighted by atomic mass is 10.3. The molecule has 112 valence electrons. The smallest absolute Gasteiger partial charge is 0.300 e. The molecule has 0 saturated heterocycles. The number of hydrogen-bond acceptors (Lipinski definition) is 4. The summed E-state index contributed by atoms with van der Waals surface area (Å²) in [6.07, 6.45) is 0. The van der Waals surface area contributed by atoms with Gasteiger partial charge in [-0.3, -0.25) is 18.7 Å². The zero-order chi connectivity index (χ0) is 15.8. The van der Waals surface area contributed by atoms with Crippen LogP contribution in [0.5, 0.6) is 0 Å². The van der Waals surface area contributed by atoms with Gasteiger partial charge in [0.2, 0.25) is 0 Å². The molecule has 8 heteroatoms. The maximum Gasteiger partial charge on any atom is 0.330 e. The molecule has 7 nitrogen and oxygen atoms in total. The minimum absolute atomic E-state index is 0.0894. The Morgan fingerprint density at radius 2 is 1.57 bits per heavy atom. The van der Waals surface area contributed by atoms with Gasteiger partial charge in [0.05, 0.1) is 0 Å². The van der Waals surface area contributed by atoms with Gasteiger partial charge in [-0.05, 0) is 19.1 Å². The molecule has 21 heavy (non-hydrogen) atoms. The number of rotatable bonds is 3. The number of anilines is 1. The first kappa shape index (κ1) is 15.0. The number of hydrogen-bond donors (Lipinski definition) is 1. The van der Waals surface area contributed by atoms with Crippen LogP contribution in [0.25, 0.3) is 0 Å². The zero-order valence-electron chi connectivity index (χ0n) is 11.8. The van der Waals surface area contributed by atoms with Crippen LogP contribution in [0.1, 0.15) is 5.69 Å². The van der Waals surface area contributed by atoms with Gasteiger partial charge in [0, 0.05) is 25.5 Å². The van der Waals surface area contributed by atoms with E-state index in [9.17, 15) is 18.0 Å². The highest BCUT2D eigenvalue weighted by atomic mass is 32.2. The topological polar surface area (TPSA) is 90.2 Å². The van der Waals surface area contributed by atoms with Crippen LogP contribution in [0.4, 0.5) is 5.69 Å². The summed E-state index contributed by atoms with van der Waals surface area (Å²) < 4.78 is 29.1. The first-order valence-electron chi connectivity index (χ1n) is 6.10. The molecule has 0 saturated carbocycles. The normalized spacial score (nSPS) is 11.4. The summed E-state index contributed by atoms with van der Waals surface area (Å²) in [7, 11) is -1.42. The van der Waals surface area contributed by atoms with Crippen molar-refractivity contribution in [2.45, 2.75) is 11.8 Å². The van der Waals surface area contributed by atoms with Crippen LogP contribution in [-0.4, -0.2) is 17.6 Å². The summed E-state index contributed by atoms with van der Waals surface area (Å²) in [6, 6.07) is 8.22. The molecule has 1 aromatic heterocycles. The van der Waals surface area contributed by atoms with Crippen molar-refractivity contribution in [3.05, 3.63) is 56.9 Å². The summed E-state index contributed by atoms with van der Waals surface area (Å²) in [6.45, 7) is 1.42. The van der Waals surface area contributed by atoms with E-state index >= 15 is 0 Å². The Bertz CT molecular complexity index is 895. The van der Waals surface area contributed by atoms with Gasteiger partial charge in [-0.1, -0.05) is 18.2 Å². The van der Waals surface area contributed by atoms with Crippen molar-refractivity contribution < 1.29 is 8.42 Å². The van der Waals surface area contributed by atoms with Crippen molar-refractivity contribution in [2.24, 2.45) is 14.1 Å². The van der Waals surface area contributed by atoms with Gasteiger partial charge in [0.25, 0.3) is 15.6 Å². The van der Waals surface area contributed by atoms with Crippen molar-refractivity contribution in [3.63, 3.8) is 0 Å². The summed E-state index contributed by atoms with van der Waals surface area (Å²) in [5, 5.41) is 0. The molecule has 2 aromatic rings. The Morgan fingerprint density at radius 3 is 2.14 bits per heavy atom. The molecule has 0 bridgehead atoms. The van der Waals surface area contributed by atoms with Crippen molar-refractivity contribution >= 4 is 15.7 Å². The lowest BCUT2D eigenvalue weighted by Crippen LogP contribution is -2.42. The second kappa shape index (κ2) is 5.21. The molecule has 0 amide bonds. The molecule has 2 rings (SSSR count). The summed E-state index contributed by atoms with van der Waals surface area (Å²) >= 11 is 0. The Labute approximate surface area is 121 Å². The average Bonchev–Trinajstić information content (AvgIpc) is 2.43. The predicted molar refractivity (Wildman–Crippen MR) is 78.9 cm³/mol. The monoisotopic (exact) mass is 309 g/mol. The van der Waals surface area contributed by atoms with E-state index in [0.29, 0.717) is 5.69 Å². The molecule has 0 atom stereocenters. The van der Waals surface area contributed by atoms with E-state index in [1.807, 2.05) is 0 Å². The second-order valence-electron chi connectivity index (χ2n) is 4.59. The number of aromatic nitrogens is 2. The van der Waals surface area contributed by atoms with E-state index < -0.39 is 26.2 Å². The van der Waals surface area contributed by atoms with Crippen LogP contribution < -0.4 is 16.0 Å². The quantitative estimate of drug-likeness (QED) is 0.876. The first-order chi connectivity index (χ1) is 9.75. The van der Waals surface area contributed by atoms with Gasteiger partial charge in [-0.15, -0.1) is 0 Å². The Hall–Kier alpha value is -2.35. The van der Waals surface area contributed by atoms with Crippen LogP contribution in [0.15, 0.2) is 44.8 Å². The van der Waals surface area contributed by atoms with Gasteiger partial charge < -0.3 is 0 Å². The zero-order valence-corrected chi connectivity index (χ0v) is 12.6. The standard InChI is InChI=1S/C13H15N3O4S/c1-9-11(12(17)16(3)13(18)15(9)2)21(19,20)14-10-7-5-4-6-8-10/h4-8,14H,1-3H3. The largest absolute Gasteiger partial charge is 0.330 e. The highest BCUT2D eigenvalue weighted by molar-refractivity contribution is 7.92. The van der Waals surface area contributed by atoms with E-state index in [2.05, 4.69) is 4.72 Å². The van der Waals surface area contributed by atoms with Gasteiger partial charge in [-0.2, -0.15) is 0 Å². The van der Waals surface area contributed by atoms with Crippen molar-refractivity contribution in [1.82, 2.24) is 9.13 Å². The Balaban J connectivity index is 2.67. The fourth-order valence-corrected chi connectivity index (χ4v) is 3.38. The number of benzene rings is 1. The van der Waals surface area contributed by atoms with Crippen molar-refractivity contribution in [2.75, 3.05) is 4.72 Å². The number of nitrogens with zero attached hydrogens (tertiary/aromatic N) is 2. The molecule has 0 spiro atoms. The fraction of sp³-hybridized carbons (Fsp3) is 0.231. The SMILES string of the molecule is Cc1c(S(=O)(=O)Nc2ccccc2)c(=O)n(C)c(=O)n1C. The lowest BCUT2D eigenvalue weighted by Gasteiger charge is -2.13. The maximum atomic E-state index is 12.4. The van der Waals surface area contributed by atoms with Crippen LogP contribution in [0, 0.1) is 6.92 Å². The maximum absolute atomic E-state index is 12.4. The summed E-state index contributed by atoms with van der Waals surface area (Å²) in [4.78, 5) is 23.5. The van der Waals surface area contributed by atoms with Gasteiger partial charge in [0.1, 0.15) is 0 Å². The minimum atomic E-state index is -4.08. The van der Waals surface area contributed by atoms with Crippen LogP contribution in [0.3, 0.4) is 0 Å². The molecule has 0 aliphatic heterocycles. The molecule has 0 fully saturated rings. The molecule has 1 aromatic carbocycles. The predicted octanol–water partition coefficient (Wildman–Crippen LogP) is 0.193. The molecule has 0 aliphatic rings. The van der Waals surface area contributed by atoms with E-state index in [1.165, 1.54) is 21.0 Å². The lowest BCUT2D eigenvalue weighted by molar-refractivity contribution is 0.583. The molecular weight excluding hydrogens is 294 g/mol. The molecular formula is C13H15N3O4S. The molecule has 0 unspecified atom stereocenters. The van der Waals surface area contributed by atoms with E-state index in [-0.39, 0.29) is 5.69 Å². The molecule has 0 aliphatic carbocycles. The third-order valence-corrected chi connectivity index (χ3v) is 4.71. The number of sulfonamides is 1. The van der Waals surface area contributed by atoms with Crippen LogP contribution >= 0.6 is 0 Å². The fourth-order valence-electron chi connectivity index (χ4n) is 1.94. The van der Waals surface area contributed by atoms with Crippen molar-refractivity contribution in [3.8, 4) is 0 Å². The third kappa shape index (κ3) is 2.62. The minimum Gasteiger partial charge on any atom is -0.300 e. The number of para-hydroxylation sites is 1. The molecule has 1 heterocycles. The van der Waals surface area contributed by atoms with Crippen molar-refractivity contribution in [1.29, 1.82) is 0 Å². The Kier molecular flexibility index (Phi) is 3.73. The van der Waals surface area contributed by atoms with Crippen LogP contribution in [0.2, 0.25) is 0 Å². The van der Waals surface area contributed by atoms with E-state index in [4.69, 9.17) is 0 Å². The molecule has 1 N–H and O–H groups in total. The van der Waals surface area contributed by atoms with Gasteiger partial charge >= 0.3 is 5.69 Å². The van der Waals surface area contributed by atoms with E-state index in [0.717, 1.165) is 9.13 Å². The number of nitrogens with one attached hydrogen (secondary N) is 1. The van der Waals surface area contributed by atoms with Gasteiger partial charge in [-0.25, -0.2) is 13.2 Å². The highest BCUT2D eigenvalue weighted by Crippen LogP contribution is 2.14. The molecule has 0 radical (unpaired) electrons. The Morgan fingerprint density at radius 1 is 1.00 bits per heavy atom. The third-order valence-electron chi connectivity index (χ3n) is 3.20.